The summed E-state index contributed by atoms with van der Waals surface area (Å²) in [6.45, 7) is 0. The number of hydrogen-bond donors (Lipinski definition) is 0. The molecule has 0 amide bonds. The molecule has 3 heteroatoms. The molecular weight excluding hydrogens is 562 g/mol. The van der Waals surface area contributed by atoms with Crippen molar-refractivity contribution in [1.29, 1.82) is 5.26 Å². The molecule has 0 unspecified atom stereocenters. The fourth-order valence-electron chi connectivity index (χ4n) is 6.94. The van der Waals surface area contributed by atoms with Crippen molar-refractivity contribution >= 4 is 43.9 Å². The van der Waals surface area contributed by atoms with Crippen molar-refractivity contribution < 1.29 is 8.83 Å². The van der Waals surface area contributed by atoms with Crippen LogP contribution in [0.25, 0.3) is 88.4 Å². The van der Waals surface area contributed by atoms with Crippen molar-refractivity contribution in [1.82, 2.24) is 0 Å². The zero-order chi connectivity index (χ0) is 30.6. The van der Waals surface area contributed by atoms with Crippen molar-refractivity contribution in [2.24, 2.45) is 0 Å². The number of nitriles is 1. The maximum absolute atomic E-state index is 10.3. The summed E-state index contributed by atoms with van der Waals surface area (Å²) in [4.78, 5) is 0. The first-order chi connectivity index (χ1) is 22.8. The molecule has 0 aliphatic heterocycles. The van der Waals surface area contributed by atoms with Gasteiger partial charge in [0.05, 0.1) is 11.6 Å². The zero-order valence-electron chi connectivity index (χ0n) is 24.7. The van der Waals surface area contributed by atoms with Crippen LogP contribution in [-0.4, -0.2) is 0 Å². The quantitative estimate of drug-likeness (QED) is 0.206. The summed E-state index contributed by atoms with van der Waals surface area (Å²) in [5.41, 5.74) is 12.3. The highest BCUT2D eigenvalue weighted by atomic mass is 16.3. The van der Waals surface area contributed by atoms with E-state index in [1.54, 1.807) is 0 Å². The van der Waals surface area contributed by atoms with Gasteiger partial charge in [-0.2, -0.15) is 5.26 Å². The molecule has 0 spiro atoms. The number of hydrogen-bond acceptors (Lipinski definition) is 3. The van der Waals surface area contributed by atoms with Crippen LogP contribution in [-0.2, 0) is 0 Å². The van der Waals surface area contributed by atoms with Gasteiger partial charge in [0, 0.05) is 27.1 Å². The van der Waals surface area contributed by atoms with E-state index in [0.717, 1.165) is 88.4 Å². The van der Waals surface area contributed by atoms with Crippen LogP contribution in [0.5, 0.6) is 0 Å². The Labute approximate surface area is 265 Å². The molecule has 0 radical (unpaired) electrons. The fourth-order valence-corrected chi connectivity index (χ4v) is 6.94. The minimum Gasteiger partial charge on any atom is -0.456 e. The smallest absolute Gasteiger partial charge is 0.136 e. The Kier molecular flexibility index (Phi) is 5.88. The van der Waals surface area contributed by atoms with Crippen molar-refractivity contribution in [2.45, 2.75) is 0 Å². The van der Waals surface area contributed by atoms with Gasteiger partial charge in [0.1, 0.15) is 22.3 Å². The van der Waals surface area contributed by atoms with Crippen LogP contribution in [0, 0.1) is 11.3 Å². The molecule has 7 aromatic carbocycles. The number of nitrogens with zero attached hydrogens (tertiary/aromatic N) is 1. The molecule has 2 aromatic heterocycles. The van der Waals surface area contributed by atoms with E-state index in [2.05, 4.69) is 84.9 Å². The van der Waals surface area contributed by atoms with Gasteiger partial charge in [-0.05, 0) is 81.4 Å². The summed E-state index contributed by atoms with van der Waals surface area (Å²) in [5, 5.41) is 14.6. The van der Waals surface area contributed by atoms with Gasteiger partial charge in [-0.25, -0.2) is 0 Å². The maximum Gasteiger partial charge on any atom is 0.136 e. The third kappa shape index (κ3) is 3.98. The molecule has 0 atom stereocenters. The van der Waals surface area contributed by atoms with Gasteiger partial charge in [-0.1, -0.05) is 109 Å². The topological polar surface area (TPSA) is 50.1 Å². The van der Waals surface area contributed by atoms with Gasteiger partial charge in [0.15, 0.2) is 0 Å². The highest BCUT2D eigenvalue weighted by molar-refractivity contribution is 6.17. The summed E-state index contributed by atoms with van der Waals surface area (Å²) >= 11 is 0. The van der Waals surface area contributed by atoms with E-state index in [1.165, 1.54) is 0 Å². The van der Waals surface area contributed by atoms with Gasteiger partial charge < -0.3 is 8.83 Å². The van der Waals surface area contributed by atoms with Gasteiger partial charge in [-0.3, -0.25) is 0 Å². The van der Waals surface area contributed by atoms with Gasteiger partial charge in [-0.15, -0.1) is 0 Å². The van der Waals surface area contributed by atoms with Crippen molar-refractivity contribution in [2.75, 3.05) is 0 Å². The van der Waals surface area contributed by atoms with Crippen LogP contribution >= 0.6 is 0 Å². The minimum absolute atomic E-state index is 0.623. The second-order valence-electron chi connectivity index (χ2n) is 11.5. The highest BCUT2D eigenvalue weighted by Crippen LogP contribution is 2.48. The Morgan fingerprint density at radius 1 is 0.370 bits per heavy atom. The molecule has 0 saturated carbocycles. The maximum atomic E-state index is 10.3. The predicted octanol–water partition coefficient (Wildman–Crippen LogP) is 12.0. The van der Waals surface area contributed by atoms with E-state index in [1.807, 2.05) is 72.8 Å². The monoisotopic (exact) mass is 587 g/mol. The van der Waals surface area contributed by atoms with Gasteiger partial charge >= 0.3 is 0 Å². The molecule has 0 saturated heterocycles. The first-order valence-corrected chi connectivity index (χ1v) is 15.3. The molecule has 0 bridgehead atoms. The van der Waals surface area contributed by atoms with Crippen LogP contribution in [0.2, 0.25) is 0 Å². The van der Waals surface area contributed by atoms with E-state index < -0.39 is 0 Å². The number of para-hydroxylation sites is 2. The molecule has 0 aliphatic rings. The molecular formula is C43H25NO2. The molecule has 9 aromatic rings. The number of benzene rings is 7. The molecule has 0 aliphatic carbocycles. The first kappa shape index (κ1) is 26.1. The lowest BCUT2D eigenvalue weighted by Crippen LogP contribution is -1.95. The van der Waals surface area contributed by atoms with Crippen LogP contribution in [0.4, 0.5) is 0 Å². The third-order valence-corrected chi connectivity index (χ3v) is 8.97. The van der Waals surface area contributed by atoms with Gasteiger partial charge in [0.25, 0.3) is 0 Å². The van der Waals surface area contributed by atoms with E-state index in [9.17, 15) is 5.26 Å². The summed E-state index contributed by atoms with van der Waals surface area (Å²) in [5.74, 6) is 0. The lowest BCUT2D eigenvalue weighted by atomic mass is 9.83. The van der Waals surface area contributed by atoms with E-state index in [-0.39, 0.29) is 0 Å². The molecule has 3 nitrogen and oxygen atoms in total. The summed E-state index contributed by atoms with van der Waals surface area (Å²) in [7, 11) is 0. The number of fused-ring (bicyclic) bond motifs is 6. The molecule has 214 valence electrons. The molecule has 46 heavy (non-hydrogen) atoms. The second-order valence-corrected chi connectivity index (χ2v) is 11.5. The molecule has 2 heterocycles. The molecule has 9 rings (SSSR count). The summed E-state index contributed by atoms with van der Waals surface area (Å²) in [6.07, 6.45) is 0. The summed E-state index contributed by atoms with van der Waals surface area (Å²) in [6, 6.07) is 54.3. The number of rotatable bonds is 4. The van der Waals surface area contributed by atoms with Crippen molar-refractivity contribution in [3.8, 4) is 50.6 Å². The normalized spacial score (nSPS) is 11.5. The fraction of sp³-hybridized carbons (Fsp3) is 0. The van der Waals surface area contributed by atoms with Crippen LogP contribution in [0.1, 0.15) is 5.56 Å². The third-order valence-electron chi connectivity index (χ3n) is 8.97. The van der Waals surface area contributed by atoms with E-state index >= 15 is 0 Å². The van der Waals surface area contributed by atoms with Crippen LogP contribution in [0.3, 0.4) is 0 Å². The standard InChI is InChI=1S/C43H25NO2/c44-26-28-14-4-5-15-29(28)35-25-36(30-18-10-22-40-42(30)32-16-6-8-20-38(32)45-40)34(27-12-2-1-3-13-27)24-37(35)31-19-11-23-41-43(31)33-17-7-9-21-39(33)46-41/h1-25H. The Bertz CT molecular complexity index is 2650. The average molecular weight is 588 g/mol. The Morgan fingerprint density at radius 3 is 1.46 bits per heavy atom. The Balaban J connectivity index is 1.46. The lowest BCUT2D eigenvalue weighted by molar-refractivity contribution is 0.668. The molecule has 0 fully saturated rings. The SMILES string of the molecule is N#Cc1ccccc1-c1cc(-c2cccc3oc4ccccc4c23)c(-c2ccccc2)cc1-c1cccc2oc3ccccc3c12. The van der Waals surface area contributed by atoms with Crippen LogP contribution in [0.15, 0.2) is 160 Å². The van der Waals surface area contributed by atoms with Crippen molar-refractivity contribution in [3.05, 3.63) is 157 Å². The highest BCUT2D eigenvalue weighted by Gasteiger charge is 2.22. The van der Waals surface area contributed by atoms with Crippen molar-refractivity contribution in [3.63, 3.8) is 0 Å². The lowest BCUT2D eigenvalue weighted by Gasteiger charge is -2.20. The largest absolute Gasteiger partial charge is 0.456 e. The zero-order valence-corrected chi connectivity index (χ0v) is 24.7. The second kappa shape index (κ2) is 10.4. The summed E-state index contributed by atoms with van der Waals surface area (Å²) < 4.78 is 12.7. The van der Waals surface area contributed by atoms with E-state index in [4.69, 9.17) is 8.83 Å². The average Bonchev–Trinajstić information content (AvgIpc) is 3.70. The van der Waals surface area contributed by atoms with Gasteiger partial charge in [0.2, 0.25) is 0 Å². The predicted molar refractivity (Wildman–Crippen MR) is 187 cm³/mol. The van der Waals surface area contributed by atoms with E-state index in [0.29, 0.717) is 5.56 Å². The Hall–Kier alpha value is -6.37. The first-order valence-electron chi connectivity index (χ1n) is 15.3. The Morgan fingerprint density at radius 2 is 0.826 bits per heavy atom. The molecule has 0 N–H and O–H groups in total. The number of furan rings is 2. The van der Waals surface area contributed by atoms with Crippen LogP contribution < -0.4 is 0 Å². The minimum atomic E-state index is 0.623.